The van der Waals surface area contributed by atoms with E-state index in [1.807, 2.05) is 32.0 Å². The highest BCUT2D eigenvalue weighted by atomic mass is 16.5. The molecule has 0 spiro atoms. The maximum Gasteiger partial charge on any atom is 0.142 e. The van der Waals surface area contributed by atoms with Gasteiger partial charge in [0.15, 0.2) is 0 Å². The van der Waals surface area contributed by atoms with Crippen molar-refractivity contribution < 1.29 is 9.15 Å². The summed E-state index contributed by atoms with van der Waals surface area (Å²) in [6.07, 6.45) is 5.30. The fourth-order valence-electron chi connectivity index (χ4n) is 2.77. The molecule has 3 nitrogen and oxygen atoms in total. The Bertz CT molecular complexity index is 574. The summed E-state index contributed by atoms with van der Waals surface area (Å²) in [6.45, 7) is 4.09. The third-order valence-corrected chi connectivity index (χ3v) is 3.63. The van der Waals surface area contributed by atoms with E-state index in [4.69, 9.17) is 9.15 Å². The smallest absolute Gasteiger partial charge is 0.142 e. The van der Waals surface area contributed by atoms with E-state index < -0.39 is 0 Å². The van der Waals surface area contributed by atoms with Crippen molar-refractivity contribution in [2.24, 2.45) is 0 Å². The van der Waals surface area contributed by atoms with Crippen molar-refractivity contribution in [2.45, 2.75) is 45.3 Å². The average molecular weight is 271 g/mol. The van der Waals surface area contributed by atoms with E-state index in [0.717, 1.165) is 36.5 Å². The molecule has 1 unspecified atom stereocenters. The van der Waals surface area contributed by atoms with Crippen LogP contribution in [0.15, 0.2) is 41.0 Å². The van der Waals surface area contributed by atoms with E-state index in [0.29, 0.717) is 6.04 Å². The van der Waals surface area contributed by atoms with Gasteiger partial charge in [0.25, 0.3) is 0 Å². The van der Waals surface area contributed by atoms with Crippen molar-refractivity contribution in [2.75, 3.05) is 5.32 Å². The summed E-state index contributed by atoms with van der Waals surface area (Å²) >= 11 is 0. The molecule has 0 saturated carbocycles. The number of anilines is 1. The maximum atomic E-state index is 5.87. The first kappa shape index (κ1) is 13.1. The molecule has 0 amide bonds. The van der Waals surface area contributed by atoms with Crippen LogP contribution in [0.2, 0.25) is 0 Å². The first-order chi connectivity index (χ1) is 9.74. The Labute approximate surface area is 119 Å². The average Bonchev–Trinajstić information content (AvgIpc) is 2.90. The fraction of sp³-hybridized carbons (Fsp3) is 0.412. The van der Waals surface area contributed by atoms with E-state index in [1.165, 1.54) is 5.56 Å². The predicted molar refractivity (Wildman–Crippen MR) is 80.2 cm³/mol. The number of benzene rings is 1. The Kier molecular flexibility index (Phi) is 3.68. The Hall–Kier alpha value is -1.90. The normalized spacial score (nSPS) is 17.9. The molecular weight excluding hydrogens is 250 g/mol. The Morgan fingerprint density at radius 2 is 2.10 bits per heavy atom. The van der Waals surface area contributed by atoms with Crippen molar-refractivity contribution >= 4 is 5.69 Å². The summed E-state index contributed by atoms with van der Waals surface area (Å²) in [5, 5.41) is 3.61. The summed E-state index contributed by atoms with van der Waals surface area (Å²) in [4.78, 5) is 0. The van der Waals surface area contributed by atoms with Crippen molar-refractivity contribution in [3.8, 4) is 5.75 Å². The quantitative estimate of drug-likeness (QED) is 0.885. The van der Waals surface area contributed by atoms with Crippen LogP contribution in [-0.4, -0.2) is 6.10 Å². The first-order valence-electron chi connectivity index (χ1n) is 7.32. The lowest BCUT2D eigenvalue weighted by Gasteiger charge is -2.25. The Morgan fingerprint density at radius 1 is 1.25 bits per heavy atom. The van der Waals surface area contributed by atoms with Crippen LogP contribution < -0.4 is 10.1 Å². The third-order valence-electron chi connectivity index (χ3n) is 3.63. The predicted octanol–water partition coefficient (Wildman–Crippen LogP) is 4.56. The highest BCUT2D eigenvalue weighted by Crippen LogP contribution is 2.35. The van der Waals surface area contributed by atoms with Crippen LogP contribution >= 0.6 is 0 Å². The molecule has 1 aromatic carbocycles. The number of aryl methyl sites for hydroxylation is 1. The molecule has 1 N–H and O–H groups in total. The lowest BCUT2D eigenvalue weighted by molar-refractivity contribution is 0.243. The highest BCUT2D eigenvalue weighted by Gasteiger charge is 2.23. The van der Waals surface area contributed by atoms with Crippen LogP contribution in [0.4, 0.5) is 5.69 Å². The second-order valence-electron chi connectivity index (χ2n) is 5.55. The monoisotopic (exact) mass is 271 g/mol. The van der Waals surface area contributed by atoms with Crippen molar-refractivity contribution in [3.05, 3.63) is 47.9 Å². The topological polar surface area (TPSA) is 34.4 Å². The number of para-hydroxylation sites is 2. The van der Waals surface area contributed by atoms with Crippen molar-refractivity contribution in [3.63, 3.8) is 0 Å². The Balaban J connectivity index is 1.82. The molecule has 106 valence electrons. The summed E-state index contributed by atoms with van der Waals surface area (Å²) in [6, 6.07) is 10.5. The summed E-state index contributed by atoms with van der Waals surface area (Å²) in [5.74, 6) is 2.04. The standard InChI is InChI=1S/C17H21NO2/c1-12(2)20-17-8-4-3-6-15(17)18-14-7-5-9-16-13(14)10-11-19-16/h3-4,6,8,10-12,14,18H,5,7,9H2,1-2H3. The molecule has 0 saturated heterocycles. The molecule has 3 rings (SSSR count). The van der Waals surface area contributed by atoms with Gasteiger partial charge in [-0.15, -0.1) is 0 Å². The van der Waals surface area contributed by atoms with Gasteiger partial charge in [-0.25, -0.2) is 0 Å². The molecule has 3 heteroatoms. The molecule has 1 aromatic heterocycles. The van der Waals surface area contributed by atoms with Gasteiger partial charge in [0.05, 0.1) is 24.1 Å². The van der Waals surface area contributed by atoms with Crippen LogP contribution in [0.3, 0.4) is 0 Å². The second kappa shape index (κ2) is 5.61. The molecule has 1 aliphatic carbocycles. The van der Waals surface area contributed by atoms with Gasteiger partial charge in [-0.2, -0.15) is 0 Å². The number of hydrogen-bond donors (Lipinski definition) is 1. The molecule has 1 aliphatic rings. The summed E-state index contributed by atoms with van der Waals surface area (Å²) < 4.78 is 11.4. The SMILES string of the molecule is CC(C)Oc1ccccc1NC1CCCc2occc21. The molecule has 1 heterocycles. The first-order valence-corrected chi connectivity index (χ1v) is 7.32. The molecule has 0 bridgehead atoms. The van der Waals surface area contributed by atoms with E-state index in [1.54, 1.807) is 6.26 Å². The van der Waals surface area contributed by atoms with E-state index in [-0.39, 0.29) is 6.10 Å². The minimum Gasteiger partial charge on any atom is -0.489 e. The second-order valence-corrected chi connectivity index (χ2v) is 5.55. The summed E-state index contributed by atoms with van der Waals surface area (Å²) in [5.41, 5.74) is 2.34. The minimum atomic E-state index is 0.175. The molecule has 0 aliphatic heterocycles. The number of fused-ring (bicyclic) bond motifs is 1. The molecule has 0 fully saturated rings. The van der Waals surface area contributed by atoms with E-state index >= 15 is 0 Å². The van der Waals surface area contributed by atoms with Crippen LogP contribution in [0.5, 0.6) is 5.75 Å². The van der Waals surface area contributed by atoms with Crippen LogP contribution in [-0.2, 0) is 6.42 Å². The fourth-order valence-corrected chi connectivity index (χ4v) is 2.77. The van der Waals surface area contributed by atoms with Gasteiger partial charge in [-0.1, -0.05) is 12.1 Å². The lowest BCUT2D eigenvalue weighted by atomic mass is 9.93. The number of ether oxygens (including phenoxy) is 1. The van der Waals surface area contributed by atoms with Crippen molar-refractivity contribution in [1.82, 2.24) is 0 Å². The molecule has 1 atom stereocenters. The number of hydrogen-bond acceptors (Lipinski definition) is 3. The van der Waals surface area contributed by atoms with E-state index in [2.05, 4.69) is 17.4 Å². The minimum absolute atomic E-state index is 0.175. The van der Waals surface area contributed by atoms with Crippen LogP contribution in [0.1, 0.15) is 44.1 Å². The molecular formula is C17H21NO2. The highest BCUT2D eigenvalue weighted by molar-refractivity contribution is 5.57. The molecule has 20 heavy (non-hydrogen) atoms. The zero-order chi connectivity index (χ0) is 13.9. The zero-order valence-electron chi connectivity index (χ0n) is 12.1. The van der Waals surface area contributed by atoms with Gasteiger partial charge in [-0.05, 0) is 44.9 Å². The molecule has 2 aromatic rings. The van der Waals surface area contributed by atoms with Crippen molar-refractivity contribution in [1.29, 1.82) is 0 Å². The van der Waals surface area contributed by atoms with Gasteiger partial charge in [-0.3, -0.25) is 0 Å². The number of furan rings is 1. The third kappa shape index (κ3) is 2.67. The van der Waals surface area contributed by atoms with Crippen LogP contribution in [0, 0.1) is 0 Å². The molecule has 0 radical (unpaired) electrons. The van der Waals surface area contributed by atoms with Crippen LogP contribution in [0.25, 0.3) is 0 Å². The number of nitrogens with one attached hydrogen (secondary N) is 1. The lowest BCUT2D eigenvalue weighted by Crippen LogP contribution is -2.17. The van der Waals surface area contributed by atoms with Gasteiger partial charge >= 0.3 is 0 Å². The largest absolute Gasteiger partial charge is 0.489 e. The van der Waals surface area contributed by atoms with E-state index in [9.17, 15) is 0 Å². The van der Waals surface area contributed by atoms with Gasteiger partial charge in [0.2, 0.25) is 0 Å². The summed E-state index contributed by atoms with van der Waals surface area (Å²) in [7, 11) is 0. The number of rotatable bonds is 4. The van der Waals surface area contributed by atoms with Gasteiger partial charge in [0, 0.05) is 12.0 Å². The zero-order valence-corrected chi connectivity index (χ0v) is 12.1. The van der Waals surface area contributed by atoms with Gasteiger partial charge < -0.3 is 14.5 Å². The maximum absolute atomic E-state index is 5.87. The Morgan fingerprint density at radius 3 is 2.95 bits per heavy atom. The van der Waals surface area contributed by atoms with Gasteiger partial charge in [0.1, 0.15) is 11.5 Å².